The van der Waals surface area contributed by atoms with Crippen molar-refractivity contribution in [3.05, 3.63) is 35.4 Å². The number of carbonyl (C=O) groups is 2. The summed E-state index contributed by atoms with van der Waals surface area (Å²) in [6.45, 7) is 1.60. The number of hydrogen-bond donors (Lipinski definition) is 1. The van der Waals surface area contributed by atoms with Crippen LogP contribution in [0.15, 0.2) is 29.4 Å². The molecular formula is C13H13NO5. The highest BCUT2D eigenvalue weighted by molar-refractivity contribution is 6.05. The van der Waals surface area contributed by atoms with Crippen LogP contribution in [0.5, 0.6) is 0 Å². The average molecular weight is 263 g/mol. The lowest BCUT2D eigenvalue weighted by molar-refractivity contribution is -0.164. The maximum Gasteiger partial charge on any atom is 0.353 e. The number of carboxylic acid groups (broad SMARTS) is 1. The number of ether oxygens (including phenoxy) is 1. The Morgan fingerprint density at radius 3 is 2.53 bits per heavy atom. The molecule has 1 aliphatic heterocycles. The molecule has 0 aromatic heterocycles. The van der Waals surface area contributed by atoms with Crippen LogP contribution in [-0.4, -0.2) is 35.5 Å². The Kier molecular flexibility index (Phi) is 3.25. The van der Waals surface area contributed by atoms with Crippen LogP contribution in [0, 0.1) is 0 Å². The van der Waals surface area contributed by atoms with E-state index in [0.29, 0.717) is 5.71 Å². The number of carboxylic acids is 1. The van der Waals surface area contributed by atoms with Gasteiger partial charge in [0.2, 0.25) is 5.60 Å². The number of hydrogen-bond acceptors (Lipinski definition) is 5. The highest BCUT2D eigenvalue weighted by atomic mass is 16.7. The Balaban J connectivity index is 2.17. The lowest BCUT2D eigenvalue weighted by atomic mass is 9.95. The molecule has 1 aromatic rings. The predicted molar refractivity (Wildman–Crippen MR) is 66.1 cm³/mol. The first-order valence-electron chi connectivity index (χ1n) is 5.63. The summed E-state index contributed by atoms with van der Waals surface area (Å²) in [6.07, 6.45) is 0.284. The van der Waals surface area contributed by atoms with Gasteiger partial charge < -0.3 is 14.7 Å². The van der Waals surface area contributed by atoms with Crippen molar-refractivity contribution in [2.45, 2.75) is 18.9 Å². The van der Waals surface area contributed by atoms with Crippen LogP contribution in [0.1, 0.15) is 29.3 Å². The van der Waals surface area contributed by atoms with Gasteiger partial charge in [-0.25, -0.2) is 9.59 Å². The fraction of sp³-hybridized carbons (Fsp3) is 0.308. The molecule has 100 valence electrons. The van der Waals surface area contributed by atoms with Crippen LogP contribution in [-0.2, 0) is 14.4 Å². The summed E-state index contributed by atoms with van der Waals surface area (Å²) in [6, 6.07) is 6.23. The monoisotopic (exact) mass is 263 g/mol. The molecule has 0 saturated heterocycles. The van der Waals surface area contributed by atoms with Crippen LogP contribution < -0.4 is 0 Å². The summed E-state index contributed by atoms with van der Waals surface area (Å²) < 4.78 is 4.66. The van der Waals surface area contributed by atoms with E-state index < -0.39 is 17.5 Å². The number of aromatic carboxylic acids is 1. The number of nitrogens with zero attached hydrogens (tertiary/aromatic N) is 1. The van der Waals surface area contributed by atoms with Crippen molar-refractivity contribution in [1.82, 2.24) is 0 Å². The summed E-state index contributed by atoms with van der Waals surface area (Å²) in [5.74, 6) is -1.48. The van der Waals surface area contributed by atoms with Gasteiger partial charge in [-0.15, -0.1) is 0 Å². The van der Waals surface area contributed by atoms with E-state index in [4.69, 9.17) is 9.94 Å². The molecule has 0 saturated carbocycles. The SMILES string of the molecule is COC(=O)C1(C)CC(c2ccc(C(=O)O)cc2)=NO1. The molecule has 0 spiro atoms. The Bertz CT molecular complexity index is 549. The van der Waals surface area contributed by atoms with Crippen molar-refractivity contribution in [2.75, 3.05) is 7.11 Å². The lowest BCUT2D eigenvalue weighted by Crippen LogP contribution is -2.36. The molecule has 2 rings (SSSR count). The fourth-order valence-electron chi connectivity index (χ4n) is 1.83. The molecule has 1 unspecified atom stereocenters. The summed E-state index contributed by atoms with van der Waals surface area (Å²) in [5.41, 5.74) is 0.386. The van der Waals surface area contributed by atoms with E-state index in [1.165, 1.54) is 19.2 Å². The van der Waals surface area contributed by atoms with Gasteiger partial charge in [-0.3, -0.25) is 0 Å². The second-order valence-electron chi connectivity index (χ2n) is 4.41. The second kappa shape index (κ2) is 4.72. The number of methoxy groups -OCH3 is 1. The Morgan fingerprint density at radius 1 is 1.37 bits per heavy atom. The topological polar surface area (TPSA) is 85.2 Å². The third kappa shape index (κ3) is 2.42. The highest BCUT2D eigenvalue weighted by Gasteiger charge is 2.43. The fourth-order valence-corrected chi connectivity index (χ4v) is 1.83. The van der Waals surface area contributed by atoms with Gasteiger partial charge in [-0.2, -0.15) is 0 Å². The molecule has 0 fully saturated rings. The highest BCUT2D eigenvalue weighted by Crippen LogP contribution is 2.27. The minimum Gasteiger partial charge on any atom is -0.478 e. The van der Waals surface area contributed by atoms with Gasteiger partial charge in [0.15, 0.2) is 0 Å². The quantitative estimate of drug-likeness (QED) is 0.834. The van der Waals surface area contributed by atoms with Crippen LogP contribution in [0.3, 0.4) is 0 Å². The van der Waals surface area contributed by atoms with Gasteiger partial charge in [0.25, 0.3) is 0 Å². The molecular weight excluding hydrogens is 250 g/mol. The van der Waals surface area contributed by atoms with Crippen LogP contribution in [0.2, 0.25) is 0 Å². The van der Waals surface area contributed by atoms with Gasteiger partial charge in [-0.05, 0) is 24.6 Å². The molecule has 0 amide bonds. The summed E-state index contributed by atoms with van der Waals surface area (Å²) in [4.78, 5) is 27.4. The molecule has 1 N–H and O–H groups in total. The van der Waals surface area contributed by atoms with Crippen LogP contribution in [0.4, 0.5) is 0 Å². The van der Waals surface area contributed by atoms with Gasteiger partial charge in [0.1, 0.15) is 0 Å². The summed E-state index contributed by atoms with van der Waals surface area (Å²) >= 11 is 0. The molecule has 1 atom stereocenters. The van der Waals surface area contributed by atoms with E-state index in [0.717, 1.165) is 5.56 Å². The molecule has 0 bridgehead atoms. The number of rotatable bonds is 3. The number of esters is 1. The Hall–Kier alpha value is -2.37. The first kappa shape index (κ1) is 13.1. The van der Waals surface area contributed by atoms with E-state index in [2.05, 4.69) is 9.89 Å². The normalized spacial score (nSPS) is 21.5. The molecule has 1 aliphatic rings. The summed E-state index contributed by atoms with van der Waals surface area (Å²) in [5, 5.41) is 12.7. The number of benzene rings is 1. The van der Waals surface area contributed by atoms with Crippen molar-refractivity contribution < 1.29 is 24.3 Å². The van der Waals surface area contributed by atoms with Crippen molar-refractivity contribution in [3.8, 4) is 0 Å². The van der Waals surface area contributed by atoms with Gasteiger partial charge in [-0.1, -0.05) is 17.3 Å². The molecule has 1 heterocycles. The van der Waals surface area contributed by atoms with E-state index in [9.17, 15) is 9.59 Å². The maximum absolute atomic E-state index is 11.6. The Labute approximate surface area is 109 Å². The third-order valence-electron chi connectivity index (χ3n) is 2.94. The first-order chi connectivity index (χ1) is 8.96. The van der Waals surface area contributed by atoms with Crippen molar-refractivity contribution in [3.63, 3.8) is 0 Å². The lowest BCUT2D eigenvalue weighted by Gasteiger charge is -2.17. The average Bonchev–Trinajstić information content (AvgIpc) is 2.82. The Morgan fingerprint density at radius 2 is 2.00 bits per heavy atom. The molecule has 0 aliphatic carbocycles. The molecule has 0 radical (unpaired) electrons. The largest absolute Gasteiger partial charge is 0.478 e. The standard InChI is InChI=1S/C13H13NO5/c1-13(12(17)18-2)7-10(14-19-13)8-3-5-9(6-4-8)11(15)16/h3-6H,7H2,1-2H3,(H,15,16). The zero-order valence-corrected chi connectivity index (χ0v) is 10.5. The van der Waals surface area contributed by atoms with E-state index in [1.807, 2.05) is 0 Å². The van der Waals surface area contributed by atoms with Crippen molar-refractivity contribution in [2.24, 2.45) is 5.16 Å². The van der Waals surface area contributed by atoms with Crippen molar-refractivity contribution >= 4 is 17.7 Å². The third-order valence-corrected chi connectivity index (χ3v) is 2.94. The minimum absolute atomic E-state index is 0.194. The van der Waals surface area contributed by atoms with Gasteiger partial charge in [0.05, 0.1) is 18.4 Å². The smallest absolute Gasteiger partial charge is 0.353 e. The second-order valence-corrected chi connectivity index (χ2v) is 4.41. The van der Waals surface area contributed by atoms with Crippen LogP contribution >= 0.6 is 0 Å². The van der Waals surface area contributed by atoms with E-state index in [-0.39, 0.29) is 12.0 Å². The van der Waals surface area contributed by atoms with Gasteiger partial charge >= 0.3 is 11.9 Å². The molecule has 6 nitrogen and oxygen atoms in total. The van der Waals surface area contributed by atoms with Gasteiger partial charge in [0, 0.05) is 6.42 Å². The number of carbonyl (C=O) groups excluding carboxylic acids is 1. The zero-order chi connectivity index (χ0) is 14.0. The summed E-state index contributed by atoms with van der Waals surface area (Å²) in [7, 11) is 1.29. The molecule has 19 heavy (non-hydrogen) atoms. The van der Waals surface area contributed by atoms with Crippen molar-refractivity contribution in [1.29, 1.82) is 0 Å². The first-order valence-corrected chi connectivity index (χ1v) is 5.63. The number of oxime groups is 1. The van der Waals surface area contributed by atoms with E-state index >= 15 is 0 Å². The molecule has 1 aromatic carbocycles. The predicted octanol–water partition coefficient (Wildman–Crippen LogP) is 1.44. The minimum atomic E-state index is -1.12. The maximum atomic E-state index is 11.6. The van der Waals surface area contributed by atoms with Crippen LogP contribution in [0.25, 0.3) is 0 Å². The zero-order valence-electron chi connectivity index (χ0n) is 10.5. The molecule has 6 heteroatoms. The van der Waals surface area contributed by atoms with E-state index in [1.54, 1.807) is 19.1 Å².